The van der Waals surface area contributed by atoms with Gasteiger partial charge in [0.1, 0.15) is 10.7 Å². The Kier molecular flexibility index (Phi) is 4.49. The molecule has 0 radical (unpaired) electrons. The van der Waals surface area contributed by atoms with Gasteiger partial charge in [0, 0.05) is 17.8 Å². The predicted octanol–water partition coefficient (Wildman–Crippen LogP) is 2.65. The third-order valence-corrected chi connectivity index (χ3v) is 4.65. The van der Waals surface area contributed by atoms with Crippen LogP contribution in [0.1, 0.15) is 5.56 Å². The number of anilines is 1. The van der Waals surface area contributed by atoms with E-state index in [0.717, 1.165) is 0 Å². The lowest BCUT2D eigenvalue weighted by atomic mass is 10.2. The molecule has 0 spiro atoms. The Balaban J connectivity index is 2.47. The average Bonchev–Trinajstić information content (AvgIpc) is 2.41. The van der Waals surface area contributed by atoms with Crippen LogP contribution in [0.25, 0.3) is 0 Å². The normalized spacial score (nSPS) is 11.3. The zero-order valence-electron chi connectivity index (χ0n) is 10.2. The molecule has 8 heteroatoms. The highest BCUT2D eigenvalue weighted by Gasteiger charge is 2.21. The van der Waals surface area contributed by atoms with Crippen molar-refractivity contribution >= 4 is 39.0 Å². The number of sulfonamides is 1. The largest absolute Gasteiger partial charge is 0.326 e. The van der Waals surface area contributed by atoms with Crippen LogP contribution in [0.3, 0.4) is 0 Å². The highest BCUT2D eigenvalue weighted by Crippen LogP contribution is 2.30. The minimum absolute atomic E-state index is 0.0559. The summed E-state index contributed by atoms with van der Waals surface area (Å²) in [5.74, 6) is 0.192. The number of hydrogen-bond acceptors (Lipinski definition) is 4. The number of nitrogens with zero attached hydrogens (tertiary/aromatic N) is 1. The molecule has 3 N–H and O–H groups in total. The summed E-state index contributed by atoms with van der Waals surface area (Å²) in [5.41, 5.74) is 5.97. The lowest BCUT2D eigenvalue weighted by Gasteiger charge is -2.11. The first-order chi connectivity index (χ1) is 9.44. The fraction of sp³-hybridized carbons (Fsp3) is 0.0833. The topological polar surface area (TPSA) is 85.1 Å². The van der Waals surface area contributed by atoms with Gasteiger partial charge in [-0.1, -0.05) is 29.3 Å². The molecule has 1 aromatic carbocycles. The highest BCUT2D eigenvalue weighted by atomic mass is 35.5. The van der Waals surface area contributed by atoms with E-state index in [4.69, 9.17) is 28.9 Å². The molecule has 0 aliphatic carbocycles. The summed E-state index contributed by atoms with van der Waals surface area (Å²) in [5, 5.41) is 0.302. The van der Waals surface area contributed by atoms with Gasteiger partial charge in [0.25, 0.3) is 10.0 Å². The molecule has 0 amide bonds. The molecule has 20 heavy (non-hydrogen) atoms. The van der Waals surface area contributed by atoms with Gasteiger partial charge in [0.2, 0.25) is 0 Å². The quantitative estimate of drug-likeness (QED) is 0.901. The minimum atomic E-state index is -3.88. The monoisotopic (exact) mass is 331 g/mol. The summed E-state index contributed by atoms with van der Waals surface area (Å²) in [7, 11) is -3.88. The van der Waals surface area contributed by atoms with Gasteiger partial charge < -0.3 is 5.73 Å². The van der Waals surface area contributed by atoms with Crippen molar-refractivity contribution in [1.29, 1.82) is 0 Å². The van der Waals surface area contributed by atoms with Crippen molar-refractivity contribution in [2.45, 2.75) is 11.4 Å². The maximum atomic E-state index is 12.3. The van der Waals surface area contributed by atoms with Crippen LogP contribution >= 0.6 is 23.2 Å². The molecule has 1 aromatic heterocycles. The highest BCUT2D eigenvalue weighted by molar-refractivity contribution is 7.92. The summed E-state index contributed by atoms with van der Waals surface area (Å²) < 4.78 is 26.9. The number of nitrogens with one attached hydrogen (secondary N) is 1. The van der Waals surface area contributed by atoms with Crippen molar-refractivity contribution in [3.8, 4) is 0 Å². The SMILES string of the molecule is NCc1cc(Cl)cc(S(=O)(=O)Nc2ccccn2)c1Cl. The van der Waals surface area contributed by atoms with Gasteiger partial charge >= 0.3 is 0 Å². The molecule has 1 heterocycles. The summed E-state index contributed by atoms with van der Waals surface area (Å²) in [6.07, 6.45) is 1.47. The molecule has 0 unspecified atom stereocenters. The van der Waals surface area contributed by atoms with Crippen molar-refractivity contribution < 1.29 is 8.42 Å². The van der Waals surface area contributed by atoms with Gasteiger partial charge in [0.15, 0.2) is 0 Å². The maximum absolute atomic E-state index is 12.3. The van der Waals surface area contributed by atoms with E-state index in [0.29, 0.717) is 5.56 Å². The smallest absolute Gasteiger partial charge is 0.264 e. The van der Waals surface area contributed by atoms with E-state index < -0.39 is 10.0 Å². The first kappa shape index (κ1) is 15.1. The van der Waals surface area contributed by atoms with E-state index >= 15 is 0 Å². The third kappa shape index (κ3) is 3.21. The van der Waals surface area contributed by atoms with Crippen LogP contribution in [-0.4, -0.2) is 13.4 Å². The molecule has 0 fully saturated rings. The fourth-order valence-electron chi connectivity index (χ4n) is 1.58. The fourth-order valence-corrected chi connectivity index (χ4v) is 3.53. The zero-order chi connectivity index (χ0) is 14.8. The van der Waals surface area contributed by atoms with Crippen LogP contribution in [0.15, 0.2) is 41.4 Å². The molecule has 0 saturated heterocycles. The Morgan fingerprint density at radius 3 is 2.60 bits per heavy atom. The first-order valence-electron chi connectivity index (χ1n) is 5.56. The molecular weight excluding hydrogens is 321 g/mol. The Hall–Kier alpha value is -1.34. The van der Waals surface area contributed by atoms with E-state index in [1.165, 1.54) is 24.4 Å². The van der Waals surface area contributed by atoms with Gasteiger partial charge in [-0.05, 0) is 29.8 Å². The molecular formula is C12H11Cl2N3O2S. The second-order valence-corrected chi connectivity index (χ2v) is 6.37. The minimum Gasteiger partial charge on any atom is -0.326 e. The van der Waals surface area contributed by atoms with Gasteiger partial charge in [0.05, 0.1) is 5.02 Å². The predicted molar refractivity (Wildman–Crippen MR) is 79.4 cm³/mol. The number of pyridine rings is 1. The van der Waals surface area contributed by atoms with E-state index in [2.05, 4.69) is 9.71 Å². The first-order valence-corrected chi connectivity index (χ1v) is 7.80. The molecule has 0 aliphatic heterocycles. The van der Waals surface area contributed by atoms with Crippen molar-refractivity contribution in [3.63, 3.8) is 0 Å². The van der Waals surface area contributed by atoms with Crippen LogP contribution in [0.4, 0.5) is 5.82 Å². The Bertz CT molecular complexity index is 721. The molecule has 5 nitrogen and oxygen atoms in total. The Morgan fingerprint density at radius 1 is 1.25 bits per heavy atom. The Labute approximate surface area is 126 Å². The number of rotatable bonds is 4. The zero-order valence-corrected chi connectivity index (χ0v) is 12.5. The van der Waals surface area contributed by atoms with Crippen LogP contribution in [0.2, 0.25) is 10.0 Å². The second-order valence-electron chi connectivity index (χ2n) is 3.90. The lowest BCUT2D eigenvalue weighted by Crippen LogP contribution is -2.15. The van der Waals surface area contributed by atoms with Crippen LogP contribution in [0.5, 0.6) is 0 Å². The van der Waals surface area contributed by atoms with Gasteiger partial charge in [-0.2, -0.15) is 0 Å². The summed E-state index contributed by atoms with van der Waals surface area (Å²) in [6.45, 7) is 0.0888. The number of nitrogens with two attached hydrogens (primary N) is 1. The molecule has 106 valence electrons. The average molecular weight is 332 g/mol. The summed E-state index contributed by atoms with van der Waals surface area (Å²) in [6, 6.07) is 7.67. The second kappa shape index (κ2) is 5.97. The molecule has 0 atom stereocenters. The molecule has 0 saturated carbocycles. The van der Waals surface area contributed by atoms with Gasteiger partial charge in [-0.3, -0.25) is 4.72 Å². The van der Waals surface area contributed by atoms with E-state index in [9.17, 15) is 8.42 Å². The van der Waals surface area contributed by atoms with E-state index in [-0.39, 0.29) is 27.3 Å². The van der Waals surface area contributed by atoms with Crippen LogP contribution < -0.4 is 10.5 Å². The summed E-state index contributed by atoms with van der Waals surface area (Å²) in [4.78, 5) is 3.77. The number of benzene rings is 1. The van der Waals surface area contributed by atoms with Crippen molar-refractivity contribution in [2.75, 3.05) is 4.72 Å². The van der Waals surface area contributed by atoms with Crippen molar-refractivity contribution in [2.24, 2.45) is 5.73 Å². The maximum Gasteiger partial charge on any atom is 0.264 e. The third-order valence-electron chi connectivity index (χ3n) is 2.49. The van der Waals surface area contributed by atoms with E-state index in [1.807, 2.05) is 0 Å². The molecule has 0 bridgehead atoms. The molecule has 2 aromatic rings. The Morgan fingerprint density at radius 2 is 2.00 bits per heavy atom. The number of hydrogen-bond donors (Lipinski definition) is 2. The standard InChI is InChI=1S/C12H11Cl2N3O2S/c13-9-5-8(7-15)12(14)10(6-9)20(18,19)17-11-3-1-2-4-16-11/h1-6H,7,15H2,(H,16,17). The number of halogens is 2. The van der Waals surface area contributed by atoms with Crippen molar-refractivity contribution in [3.05, 3.63) is 52.1 Å². The van der Waals surface area contributed by atoms with Crippen molar-refractivity contribution in [1.82, 2.24) is 4.98 Å². The van der Waals surface area contributed by atoms with Gasteiger partial charge in [-0.25, -0.2) is 13.4 Å². The molecule has 0 aliphatic rings. The lowest BCUT2D eigenvalue weighted by molar-refractivity contribution is 0.601. The molecule has 2 rings (SSSR count). The van der Waals surface area contributed by atoms with Crippen LogP contribution in [-0.2, 0) is 16.6 Å². The summed E-state index contributed by atoms with van der Waals surface area (Å²) >= 11 is 11.9. The number of aromatic nitrogens is 1. The van der Waals surface area contributed by atoms with E-state index in [1.54, 1.807) is 12.1 Å². The van der Waals surface area contributed by atoms with Gasteiger partial charge in [-0.15, -0.1) is 0 Å². The van der Waals surface area contributed by atoms with Crippen LogP contribution in [0, 0.1) is 0 Å².